The van der Waals surface area contributed by atoms with Gasteiger partial charge in [0.2, 0.25) is 5.95 Å². The van der Waals surface area contributed by atoms with Crippen molar-refractivity contribution in [3.63, 3.8) is 0 Å². The first-order valence-electron chi connectivity index (χ1n) is 11.8. The van der Waals surface area contributed by atoms with Gasteiger partial charge in [0.1, 0.15) is 5.82 Å². The molecule has 2 N–H and O–H groups in total. The van der Waals surface area contributed by atoms with E-state index >= 15 is 0 Å². The third kappa shape index (κ3) is 5.53. The van der Waals surface area contributed by atoms with E-state index in [4.69, 9.17) is 17.2 Å². The van der Waals surface area contributed by atoms with Crippen molar-refractivity contribution in [2.24, 2.45) is 5.92 Å². The van der Waals surface area contributed by atoms with E-state index in [0.717, 1.165) is 31.1 Å². The monoisotopic (exact) mass is 437 g/mol. The maximum atomic E-state index is 5.65. The molecule has 1 aromatic carbocycles. The predicted molar refractivity (Wildman–Crippen MR) is 133 cm³/mol. The second-order valence-electron chi connectivity index (χ2n) is 9.40. The SMILES string of the molecule is Cc1cc(N2CCC[C@H](C)C2)nc(NC(=S)NCC2(c3ccccc3)CCCCC2)n1. The summed E-state index contributed by atoms with van der Waals surface area (Å²) in [6.45, 7) is 7.28. The Labute approximate surface area is 192 Å². The highest BCUT2D eigenvalue weighted by Crippen LogP contribution is 2.38. The van der Waals surface area contributed by atoms with Crippen LogP contribution in [0.2, 0.25) is 0 Å². The summed E-state index contributed by atoms with van der Waals surface area (Å²) in [6.07, 6.45) is 8.78. The maximum Gasteiger partial charge on any atom is 0.231 e. The molecule has 0 spiro atoms. The van der Waals surface area contributed by atoms with Crippen LogP contribution >= 0.6 is 12.2 Å². The fourth-order valence-corrected chi connectivity index (χ4v) is 5.31. The van der Waals surface area contributed by atoms with Crippen molar-refractivity contribution in [3.8, 4) is 0 Å². The molecule has 0 bridgehead atoms. The van der Waals surface area contributed by atoms with Crippen LogP contribution in [0.4, 0.5) is 11.8 Å². The lowest BCUT2D eigenvalue weighted by Crippen LogP contribution is -2.43. The molecule has 2 heterocycles. The Morgan fingerprint density at radius 1 is 1.13 bits per heavy atom. The number of nitrogens with one attached hydrogen (secondary N) is 2. The normalized spacial score (nSPS) is 20.8. The van der Waals surface area contributed by atoms with Gasteiger partial charge in [0, 0.05) is 36.8 Å². The molecule has 1 saturated heterocycles. The number of piperidine rings is 1. The summed E-state index contributed by atoms with van der Waals surface area (Å²) >= 11 is 5.65. The zero-order valence-corrected chi connectivity index (χ0v) is 19.7. The number of anilines is 2. The number of aryl methyl sites for hydroxylation is 1. The quantitative estimate of drug-likeness (QED) is 0.626. The van der Waals surface area contributed by atoms with Gasteiger partial charge >= 0.3 is 0 Å². The lowest BCUT2D eigenvalue weighted by molar-refractivity contribution is 0.292. The standard InChI is InChI=1S/C25H35N5S/c1-19-10-9-15-30(17-19)22-16-20(2)27-23(28-22)29-24(31)26-18-25(13-7-4-8-14-25)21-11-5-3-6-12-21/h3,5-6,11-12,16,19H,4,7-10,13-15,17-18H2,1-2H3,(H2,26,27,28,29,31)/t19-/m0/s1. The average molecular weight is 438 g/mol. The molecule has 1 aliphatic carbocycles. The number of benzene rings is 1. The van der Waals surface area contributed by atoms with E-state index in [-0.39, 0.29) is 5.41 Å². The third-order valence-electron chi connectivity index (χ3n) is 6.83. The number of nitrogens with zero attached hydrogens (tertiary/aromatic N) is 3. The summed E-state index contributed by atoms with van der Waals surface area (Å²) in [5, 5.41) is 7.35. The summed E-state index contributed by atoms with van der Waals surface area (Å²) in [6, 6.07) is 13.0. The van der Waals surface area contributed by atoms with E-state index in [1.165, 1.54) is 50.5 Å². The highest BCUT2D eigenvalue weighted by Gasteiger charge is 2.33. The van der Waals surface area contributed by atoms with E-state index in [1.54, 1.807) is 0 Å². The van der Waals surface area contributed by atoms with E-state index < -0.39 is 0 Å². The van der Waals surface area contributed by atoms with Crippen molar-refractivity contribution in [1.82, 2.24) is 15.3 Å². The number of hydrogen-bond acceptors (Lipinski definition) is 4. The van der Waals surface area contributed by atoms with Gasteiger partial charge in [-0.3, -0.25) is 0 Å². The molecule has 1 saturated carbocycles. The van der Waals surface area contributed by atoms with E-state index in [9.17, 15) is 0 Å². The fourth-order valence-electron chi connectivity index (χ4n) is 5.15. The van der Waals surface area contributed by atoms with Crippen LogP contribution in [0.3, 0.4) is 0 Å². The van der Waals surface area contributed by atoms with Gasteiger partial charge in [0.15, 0.2) is 5.11 Å². The summed E-state index contributed by atoms with van der Waals surface area (Å²) in [5.74, 6) is 2.29. The molecule has 0 amide bonds. The molecule has 0 radical (unpaired) electrons. The number of thiocarbonyl (C=S) groups is 1. The minimum absolute atomic E-state index is 0.147. The van der Waals surface area contributed by atoms with Gasteiger partial charge in [-0.05, 0) is 56.3 Å². The second kappa shape index (κ2) is 9.94. The summed E-state index contributed by atoms with van der Waals surface area (Å²) in [4.78, 5) is 11.7. The molecule has 5 nitrogen and oxygen atoms in total. The van der Waals surface area contributed by atoms with Crippen molar-refractivity contribution in [2.45, 2.75) is 64.2 Å². The molecule has 4 rings (SSSR count). The zero-order chi connectivity index (χ0) is 21.7. The largest absolute Gasteiger partial charge is 0.361 e. The van der Waals surface area contributed by atoms with Gasteiger partial charge in [0.05, 0.1) is 0 Å². The molecular weight excluding hydrogens is 402 g/mol. The fraction of sp³-hybridized carbons (Fsp3) is 0.560. The molecule has 2 aromatic rings. The van der Waals surface area contributed by atoms with Crippen molar-refractivity contribution in [3.05, 3.63) is 47.7 Å². The Bertz CT molecular complexity index is 879. The van der Waals surface area contributed by atoms with Gasteiger partial charge in [0.25, 0.3) is 0 Å². The molecule has 2 aliphatic rings. The number of rotatable bonds is 5. The van der Waals surface area contributed by atoms with Crippen LogP contribution in [0.5, 0.6) is 0 Å². The van der Waals surface area contributed by atoms with Gasteiger partial charge in [-0.25, -0.2) is 4.98 Å². The van der Waals surface area contributed by atoms with Gasteiger partial charge in [-0.1, -0.05) is 56.5 Å². The Balaban J connectivity index is 1.42. The zero-order valence-electron chi connectivity index (χ0n) is 18.9. The predicted octanol–water partition coefficient (Wildman–Crippen LogP) is 5.21. The summed E-state index contributed by atoms with van der Waals surface area (Å²) < 4.78 is 0. The van der Waals surface area contributed by atoms with E-state index in [2.05, 4.69) is 63.8 Å². The van der Waals surface area contributed by atoms with Crippen LogP contribution in [-0.4, -0.2) is 34.7 Å². The van der Waals surface area contributed by atoms with Crippen molar-refractivity contribution < 1.29 is 0 Å². The molecule has 2 fully saturated rings. The smallest absolute Gasteiger partial charge is 0.231 e. The topological polar surface area (TPSA) is 53.1 Å². The molecule has 6 heteroatoms. The molecule has 1 aliphatic heterocycles. The third-order valence-corrected chi connectivity index (χ3v) is 7.08. The van der Waals surface area contributed by atoms with Gasteiger partial charge < -0.3 is 15.5 Å². The van der Waals surface area contributed by atoms with Crippen LogP contribution in [-0.2, 0) is 5.41 Å². The Hall–Kier alpha value is -2.21. The lowest BCUT2D eigenvalue weighted by atomic mass is 9.69. The van der Waals surface area contributed by atoms with Crippen LogP contribution in [0.15, 0.2) is 36.4 Å². The first kappa shape index (κ1) is 22.0. The minimum Gasteiger partial charge on any atom is -0.361 e. The first-order valence-corrected chi connectivity index (χ1v) is 12.2. The van der Waals surface area contributed by atoms with Gasteiger partial charge in [-0.2, -0.15) is 4.98 Å². The van der Waals surface area contributed by atoms with Crippen molar-refractivity contribution in [1.29, 1.82) is 0 Å². The minimum atomic E-state index is 0.147. The average Bonchev–Trinajstić information content (AvgIpc) is 2.79. The van der Waals surface area contributed by atoms with Crippen LogP contribution < -0.4 is 15.5 Å². The highest BCUT2D eigenvalue weighted by atomic mass is 32.1. The van der Waals surface area contributed by atoms with E-state index in [0.29, 0.717) is 17.0 Å². The number of hydrogen-bond donors (Lipinski definition) is 2. The second-order valence-corrected chi connectivity index (χ2v) is 9.81. The highest BCUT2D eigenvalue weighted by molar-refractivity contribution is 7.80. The van der Waals surface area contributed by atoms with Gasteiger partial charge in [-0.15, -0.1) is 0 Å². The molecular formula is C25H35N5S. The van der Waals surface area contributed by atoms with Crippen LogP contribution in [0.25, 0.3) is 0 Å². The Morgan fingerprint density at radius 3 is 2.65 bits per heavy atom. The molecule has 31 heavy (non-hydrogen) atoms. The molecule has 1 aromatic heterocycles. The first-order chi connectivity index (χ1) is 15.0. The lowest BCUT2D eigenvalue weighted by Gasteiger charge is -2.38. The Kier molecular flexibility index (Phi) is 7.06. The van der Waals surface area contributed by atoms with Crippen LogP contribution in [0.1, 0.15) is 63.1 Å². The molecule has 0 unspecified atom stereocenters. The van der Waals surface area contributed by atoms with Crippen LogP contribution in [0, 0.1) is 12.8 Å². The molecule has 1 atom stereocenters. The van der Waals surface area contributed by atoms with Crippen molar-refractivity contribution in [2.75, 3.05) is 29.9 Å². The number of aromatic nitrogens is 2. The maximum absolute atomic E-state index is 5.65. The summed E-state index contributed by atoms with van der Waals surface area (Å²) in [5.41, 5.74) is 2.52. The van der Waals surface area contributed by atoms with E-state index in [1.807, 2.05) is 6.92 Å². The summed E-state index contributed by atoms with van der Waals surface area (Å²) in [7, 11) is 0. The molecule has 166 valence electrons. The van der Waals surface area contributed by atoms with Crippen molar-refractivity contribution >= 4 is 29.1 Å². The Morgan fingerprint density at radius 2 is 1.90 bits per heavy atom.